The number of hydrogen-bond donors (Lipinski definition) is 1. The predicted octanol–water partition coefficient (Wildman–Crippen LogP) is 4.22. The first kappa shape index (κ1) is 24.5. The zero-order chi connectivity index (χ0) is 19.7. The fourth-order valence-electron chi connectivity index (χ4n) is 2.12. The van der Waals surface area contributed by atoms with Gasteiger partial charge in [-0.25, -0.2) is 4.79 Å². The summed E-state index contributed by atoms with van der Waals surface area (Å²) in [5, 5.41) is 2.86. The van der Waals surface area contributed by atoms with Gasteiger partial charge in [-0.3, -0.25) is 4.79 Å². The molecule has 144 valence electrons. The Balaban J connectivity index is 4.69. The largest absolute Gasteiger partial charge is 0.460 e. The minimum atomic E-state index is -0.533. The Hall–Kier alpha value is -0.495. The molecule has 0 rings (SSSR count). The fraction of sp³-hybridized carbons (Fsp3) is 0.882. The number of alkyl carbamates (subject to hydrolysis) is 1. The molecule has 0 saturated heterocycles. The molecule has 0 fully saturated rings. The van der Waals surface area contributed by atoms with Crippen LogP contribution >= 0.6 is 21.6 Å². The molecule has 0 heterocycles. The second-order valence-electron chi connectivity index (χ2n) is 7.81. The summed E-state index contributed by atoms with van der Waals surface area (Å²) in [5.74, 6) is -0.220. The standard InChI is InChI=1S/C17H32BNO4S2/c1-16(2,3)22-14(20)10-12(13(11-18)25-24-7)8-9-19-15(21)23-17(4,5)6/h12-13H,8-11H2,1-7H3,(H,19,21)/t12-,13?/m1/s1. The summed E-state index contributed by atoms with van der Waals surface area (Å²) in [7, 11) is 9.16. The number of rotatable bonds is 9. The normalized spacial score (nSPS) is 14.5. The quantitative estimate of drug-likeness (QED) is 0.362. The van der Waals surface area contributed by atoms with Gasteiger partial charge in [0, 0.05) is 18.2 Å². The van der Waals surface area contributed by atoms with Gasteiger partial charge >= 0.3 is 12.1 Å². The lowest BCUT2D eigenvalue weighted by molar-refractivity contribution is -0.156. The van der Waals surface area contributed by atoms with E-state index >= 15 is 0 Å². The SMILES string of the molecule is [B]CC(SSC)[C@H](CCNC(=O)OC(C)(C)C)CC(=O)OC(C)(C)C. The lowest BCUT2D eigenvalue weighted by Gasteiger charge is -2.27. The number of amides is 1. The van der Waals surface area contributed by atoms with Gasteiger partial charge in [-0.05, 0) is 60.1 Å². The van der Waals surface area contributed by atoms with E-state index in [9.17, 15) is 9.59 Å². The third-order valence-electron chi connectivity index (χ3n) is 3.01. The number of carbonyl (C=O) groups excluding carboxylic acids is 2. The van der Waals surface area contributed by atoms with Crippen LogP contribution in [0.25, 0.3) is 0 Å². The maximum Gasteiger partial charge on any atom is 0.407 e. The first-order valence-corrected chi connectivity index (χ1v) is 11.1. The molecular formula is C17H32BNO4S2. The Bertz CT molecular complexity index is 422. The molecule has 2 atom stereocenters. The van der Waals surface area contributed by atoms with Crippen LogP contribution < -0.4 is 5.32 Å². The van der Waals surface area contributed by atoms with E-state index in [2.05, 4.69) is 5.32 Å². The number of carbonyl (C=O) groups is 2. The van der Waals surface area contributed by atoms with Crippen molar-refractivity contribution in [2.24, 2.45) is 5.92 Å². The molecule has 0 aromatic carbocycles. The van der Waals surface area contributed by atoms with Gasteiger partial charge < -0.3 is 14.8 Å². The molecule has 8 heteroatoms. The molecule has 0 aliphatic carbocycles. The second kappa shape index (κ2) is 11.3. The van der Waals surface area contributed by atoms with Crippen LogP contribution in [-0.2, 0) is 14.3 Å². The molecule has 0 bridgehead atoms. The second-order valence-corrected chi connectivity index (χ2v) is 10.5. The molecular weight excluding hydrogens is 357 g/mol. The molecule has 1 amide bonds. The van der Waals surface area contributed by atoms with E-state index in [1.54, 1.807) is 21.6 Å². The monoisotopic (exact) mass is 389 g/mol. The van der Waals surface area contributed by atoms with Crippen LogP contribution in [-0.4, -0.2) is 49.2 Å². The van der Waals surface area contributed by atoms with Gasteiger partial charge in [-0.2, -0.15) is 0 Å². The van der Waals surface area contributed by atoms with Gasteiger partial charge in [0.2, 0.25) is 0 Å². The minimum absolute atomic E-state index is 0.0206. The molecule has 0 aromatic heterocycles. The van der Waals surface area contributed by atoms with Crippen LogP contribution in [0.2, 0.25) is 6.32 Å². The molecule has 1 unspecified atom stereocenters. The van der Waals surface area contributed by atoms with E-state index in [-0.39, 0.29) is 23.6 Å². The maximum absolute atomic E-state index is 12.2. The van der Waals surface area contributed by atoms with Crippen LogP contribution in [0.3, 0.4) is 0 Å². The van der Waals surface area contributed by atoms with Crippen LogP contribution in [0.5, 0.6) is 0 Å². The summed E-state index contributed by atoms with van der Waals surface area (Å²) < 4.78 is 10.7. The Labute approximate surface area is 161 Å². The number of esters is 1. The molecule has 25 heavy (non-hydrogen) atoms. The molecule has 0 saturated carbocycles. The van der Waals surface area contributed by atoms with Crippen molar-refractivity contribution in [2.75, 3.05) is 12.8 Å². The Morgan fingerprint density at radius 3 is 2.08 bits per heavy atom. The average molecular weight is 389 g/mol. The highest BCUT2D eigenvalue weighted by Crippen LogP contribution is 2.34. The lowest BCUT2D eigenvalue weighted by atomic mass is 9.88. The Morgan fingerprint density at radius 1 is 1.08 bits per heavy atom. The summed E-state index contributed by atoms with van der Waals surface area (Å²) in [4.78, 5) is 23.9. The third kappa shape index (κ3) is 13.4. The van der Waals surface area contributed by atoms with Crippen LogP contribution in [0, 0.1) is 5.92 Å². The highest BCUT2D eigenvalue weighted by molar-refractivity contribution is 8.76. The van der Waals surface area contributed by atoms with Gasteiger partial charge in [0.1, 0.15) is 11.2 Å². The van der Waals surface area contributed by atoms with Crippen LogP contribution in [0.15, 0.2) is 0 Å². The van der Waals surface area contributed by atoms with Crippen molar-refractivity contribution in [1.82, 2.24) is 5.32 Å². The van der Waals surface area contributed by atoms with Crippen molar-refractivity contribution in [3.8, 4) is 0 Å². The molecule has 1 N–H and O–H groups in total. The molecule has 0 spiro atoms. The summed E-state index contributed by atoms with van der Waals surface area (Å²) in [6.45, 7) is 11.4. The van der Waals surface area contributed by atoms with Crippen molar-refractivity contribution in [1.29, 1.82) is 0 Å². The first-order valence-electron chi connectivity index (χ1n) is 8.46. The van der Waals surface area contributed by atoms with Gasteiger partial charge in [0.25, 0.3) is 0 Å². The lowest BCUT2D eigenvalue weighted by Crippen LogP contribution is -2.35. The average Bonchev–Trinajstić information content (AvgIpc) is 2.39. The van der Waals surface area contributed by atoms with Gasteiger partial charge in [0.05, 0.1) is 7.85 Å². The highest BCUT2D eigenvalue weighted by atomic mass is 33.1. The minimum Gasteiger partial charge on any atom is -0.460 e. The zero-order valence-corrected chi connectivity index (χ0v) is 18.1. The van der Waals surface area contributed by atoms with Crippen molar-refractivity contribution in [3.05, 3.63) is 0 Å². The zero-order valence-electron chi connectivity index (χ0n) is 16.5. The predicted molar refractivity (Wildman–Crippen MR) is 108 cm³/mol. The first-order chi connectivity index (χ1) is 11.4. The molecule has 5 nitrogen and oxygen atoms in total. The topological polar surface area (TPSA) is 64.6 Å². The molecule has 2 radical (unpaired) electrons. The molecule has 0 aliphatic rings. The van der Waals surface area contributed by atoms with Gasteiger partial charge in [0.15, 0.2) is 0 Å². The van der Waals surface area contributed by atoms with Gasteiger partial charge in [-0.15, -0.1) is 0 Å². The van der Waals surface area contributed by atoms with Crippen LogP contribution in [0.4, 0.5) is 4.79 Å². The van der Waals surface area contributed by atoms with Crippen molar-refractivity contribution >= 4 is 41.5 Å². The molecule has 0 aliphatic heterocycles. The summed E-state index contributed by atoms with van der Waals surface area (Å²) in [5.41, 5.74) is -1.05. The smallest absolute Gasteiger partial charge is 0.407 e. The highest BCUT2D eigenvalue weighted by Gasteiger charge is 2.26. The van der Waals surface area contributed by atoms with Crippen LogP contribution in [0.1, 0.15) is 54.4 Å². The fourth-order valence-corrected chi connectivity index (χ4v) is 4.29. The Morgan fingerprint density at radius 2 is 1.64 bits per heavy atom. The van der Waals surface area contributed by atoms with E-state index in [4.69, 9.17) is 17.3 Å². The summed E-state index contributed by atoms with van der Waals surface area (Å²) in [6, 6.07) is 0. The number of nitrogens with one attached hydrogen (secondary N) is 1. The van der Waals surface area contributed by atoms with Crippen molar-refractivity contribution in [2.45, 2.75) is 77.2 Å². The Kier molecular flexibility index (Phi) is 11.0. The van der Waals surface area contributed by atoms with Gasteiger partial charge in [-0.1, -0.05) is 27.9 Å². The van der Waals surface area contributed by atoms with E-state index in [1.165, 1.54) is 0 Å². The van der Waals surface area contributed by atoms with Crippen molar-refractivity contribution in [3.63, 3.8) is 0 Å². The van der Waals surface area contributed by atoms with Crippen molar-refractivity contribution < 1.29 is 19.1 Å². The number of hydrogen-bond acceptors (Lipinski definition) is 6. The van der Waals surface area contributed by atoms with E-state index in [1.807, 2.05) is 47.8 Å². The molecule has 0 aromatic rings. The number of ether oxygens (including phenoxy) is 2. The van der Waals surface area contributed by atoms with E-state index < -0.39 is 17.3 Å². The van der Waals surface area contributed by atoms with E-state index in [0.717, 1.165) is 0 Å². The maximum atomic E-state index is 12.2. The van der Waals surface area contributed by atoms with E-state index in [0.29, 0.717) is 19.3 Å². The summed E-state index contributed by atoms with van der Waals surface area (Å²) in [6.07, 6.45) is 2.91. The third-order valence-corrected chi connectivity index (χ3v) is 5.35. The summed E-state index contributed by atoms with van der Waals surface area (Å²) >= 11 is 0.